The lowest BCUT2D eigenvalue weighted by molar-refractivity contribution is 0.0997. The number of benzene rings is 1. The Bertz CT molecular complexity index is 1090. The maximum atomic E-state index is 12.4. The van der Waals surface area contributed by atoms with Crippen LogP contribution in [-0.2, 0) is 0 Å². The molecule has 4 rings (SSSR count). The van der Waals surface area contributed by atoms with Crippen molar-refractivity contribution in [3.05, 3.63) is 74.5 Å². The van der Waals surface area contributed by atoms with E-state index in [1.165, 1.54) is 18.7 Å². The zero-order chi connectivity index (χ0) is 21.1. The Morgan fingerprint density at radius 1 is 1.31 bits per heavy atom. The van der Waals surface area contributed by atoms with Gasteiger partial charge < -0.3 is 10.7 Å². The first kappa shape index (κ1) is 21.0. The van der Waals surface area contributed by atoms with Gasteiger partial charge in [-0.05, 0) is 49.3 Å². The normalized spacial score (nSPS) is 18.3. The summed E-state index contributed by atoms with van der Waals surface area (Å²) in [6, 6.07) is 8.06. The molecule has 1 amide bonds. The molecule has 1 fully saturated rings. The number of hydrogen-bond donors (Lipinski definition) is 2. The van der Waals surface area contributed by atoms with Crippen LogP contribution in [0.5, 0.6) is 0 Å². The van der Waals surface area contributed by atoms with Crippen LogP contribution in [-0.4, -0.2) is 15.9 Å². The van der Waals surface area contributed by atoms with Crippen molar-refractivity contribution in [2.75, 3.05) is 0 Å². The molecular weight excluding hydrogens is 393 g/mol. The number of H-pyrrole nitrogens is 1. The molecule has 0 saturated heterocycles. The predicted molar refractivity (Wildman–Crippen MR) is 113 cm³/mol. The number of primary amides is 1. The van der Waals surface area contributed by atoms with Gasteiger partial charge in [-0.25, -0.2) is 4.39 Å². The molecule has 3 N–H and O–H groups in total. The minimum absolute atomic E-state index is 0.0371. The molecule has 2 unspecified atom stereocenters. The van der Waals surface area contributed by atoms with E-state index in [2.05, 4.69) is 16.9 Å². The van der Waals surface area contributed by atoms with Gasteiger partial charge >= 0.3 is 0 Å². The molecule has 2 atom stereocenters. The SMILES string of the molecule is CC1CCC(c2cc(=O)c3c(C(N)=O)nccc3[nH]2)C1.Cc1cccc(F)c1Cl. The number of aryl methyl sites for hydroxylation is 1. The summed E-state index contributed by atoms with van der Waals surface area (Å²) in [5, 5.41) is 0.507. The third-order valence-corrected chi connectivity index (χ3v) is 5.75. The van der Waals surface area contributed by atoms with Crippen LogP contribution >= 0.6 is 11.6 Å². The molecule has 7 heteroatoms. The number of halogens is 2. The van der Waals surface area contributed by atoms with Crippen molar-refractivity contribution in [1.82, 2.24) is 9.97 Å². The summed E-state index contributed by atoms with van der Waals surface area (Å²) in [5.41, 5.74) is 7.49. The van der Waals surface area contributed by atoms with Gasteiger partial charge in [0, 0.05) is 18.0 Å². The highest BCUT2D eigenvalue weighted by Crippen LogP contribution is 2.37. The Hall–Kier alpha value is -2.73. The maximum absolute atomic E-state index is 12.4. The van der Waals surface area contributed by atoms with Crippen molar-refractivity contribution in [3.63, 3.8) is 0 Å². The number of nitrogens with two attached hydrogens (primary N) is 1. The average molecular weight is 416 g/mol. The molecule has 29 heavy (non-hydrogen) atoms. The number of fused-ring (bicyclic) bond motifs is 1. The van der Waals surface area contributed by atoms with Crippen LogP contribution in [0.25, 0.3) is 10.9 Å². The smallest absolute Gasteiger partial charge is 0.268 e. The summed E-state index contributed by atoms with van der Waals surface area (Å²) in [6.45, 7) is 4.00. The molecule has 1 aliphatic carbocycles. The predicted octanol–water partition coefficient (Wildman–Crippen LogP) is 4.71. The highest BCUT2D eigenvalue weighted by molar-refractivity contribution is 6.31. The van der Waals surface area contributed by atoms with Gasteiger partial charge in [0.05, 0.1) is 15.9 Å². The van der Waals surface area contributed by atoms with Gasteiger partial charge in [-0.1, -0.05) is 37.1 Å². The standard InChI is InChI=1S/C15H17N3O2.C7H6ClF/c1-8-2-3-9(6-8)11-7-12(19)13-10(18-11)4-5-17-14(13)15(16)20;1-5-3-2-4-6(9)7(5)8/h4-5,7-9H,2-3,6H2,1H3,(H2,16,20)(H,18,19);2-4H,1H3. The Morgan fingerprint density at radius 2 is 2.07 bits per heavy atom. The van der Waals surface area contributed by atoms with Crippen molar-refractivity contribution in [1.29, 1.82) is 0 Å². The molecule has 0 radical (unpaired) electrons. The van der Waals surface area contributed by atoms with Crippen molar-refractivity contribution in [3.8, 4) is 0 Å². The fraction of sp³-hybridized carbons (Fsp3) is 0.318. The van der Waals surface area contributed by atoms with E-state index >= 15 is 0 Å². The molecule has 1 aromatic carbocycles. The first-order valence-electron chi connectivity index (χ1n) is 9.50. The number of hydrogen-bond acceptors (Lipinski definition) is 3. The number of carbonyl (C=O) groups excluding carboxylic acids is 1. The summed E-state index contributed by atoms with van der Waals surface area (Å²) in [6.07, 6.45) is 4.87. The number of nitrogens with zero attached hydrogens (tertiary/aromatic N) is 1. The number of pyridine rings is 2. The van der Waals surface area contributed by atoms with Gasteiger partial charge in [-0.2, -0.15) is 0 Å². The topological polar surface area (TPSA) is 88.8 Å². The van der Waals surface area contributed by atoms with Crippen molar-refractivity contribution >= 4 is 28.4 Å². The first-order chi connectivity index (χ1) is 13.8. The number of aromatic amines is 1. The molecule has 0 bridgehead atoms. The van der Waals surface area contributed by atoms with E-state index in [0.29, 0.717) is 17.4 Å². The number of nitrogens with one attached hydrogen (secondary N) is 1. The van der Waals surface area contributed by atoms with E-state index in [1.54, 1.807) is 31.2 Å². The summed E-state index contributed by atoms with van der Waals surface area (Å²) >= 11 is 5.50. The van der Waals surface area contributed by atoms with Gasteiger partial charge in [0.1, 0.15) is 11.5 Å². The molecule has 152 valence electrons. The van der Waals surface area contributed by atoms with Crippen molar-refractivity contribution in [2.45, 2.75) is 39.0 Å². The van der Waals surface area contributed by atoms with Crippen molar-refractivity contribution < 1.29 is 9.18 Å². The zero-order valence-corrected chi connectivity index (χ0v) is 17.1. The number of carbonyl (C=O) groups is 1. The number of rotatable bonds is 2. The lowest BCUT2D eigenvalue weighted by atomic mass is 10.0. The van der Waals surface area contributed by atoms with Gasteiger partial charge in [-0.15, -0.1) is 0 Å². The molecule has 2 heterocycles. The third kappa shape index (κ3) is 4.65. The van der Waals surface area contributed by atoms with Gasteiger partial charge in [-0.3, -0.25) is 14.6 Å². The number of aromatic nitrogens is 2. The van der Waals surface area contributed by atoms with Gasteiger partial charge in [0.25, 0.3) is 5.91 Å². The molecular formula is C22H23ClFN3O2. The van der Waals surface area contributed by atoms with Crippen molar-refractivity contribution in [2.24, 2.45) is 11.7 Å². The van der Waals surface area contributed by atoms with E-state index in [1.807, 2.05) is 0 Å². The highest BCUT2D eigenvalue weighted by Gasteiger charge is 2.24. The Labute approximate surface area is 173 Å². The summed E-state index contributed by atoms with van der Waals surface area (Å²) in [5.74, 6) is 0.0603. The molecule has 2 aromatic heterocycles. The summed E-state index contributed by atoms with van der Waals surface area (Å²) in [7, 11) is 0. The molecule has 5 nitrogen and oxygen atoms in total. The Balaban J connectivity index is 0.000000224. The van der Waals surface area contributed by atoms with Crippen LogP contribution in [0.3, 0.4) is 0 Å². The summed E-state index contributed by atoms with van der Waals surface area (Å²) in [4.78, 5) is 30.8. The van der Waals surface area contributed by atoms with Crippen LogP contribution in [0.2, 0.25) is 5.02 Å². The first-order valence-corrected chi connectivity index (χ1v) is 9.88. The Kier molecular flexibility index (Phi) is 6.33. The van der Waals surface area contributed by atoms with Crippen LogP contribution < -0.4 is 11.2 Å². The number of amides is 1. The van der Waals surface area contributed by atoms with E-state index in [-0.39, 0.29) is 27.3 Å². The lowest BCUT2D eigenvalue weighted by Gasteiger charge is -2.11. The van der Waals surface area contributed by atoms with E-state index in [4.69, 9.17) is 17.3 Å². The fourth-order valence-corrected chi connectivity index (χ4v) is 3.85. The van der Waals surface area contributed by atoms with Crippen LogP contribution in [0.4, 0.5) is 4.39 Å². The quantitative estimate of drug-likeness (QED) is 0.635. The molecule has 0 aliphatic heterocycles. The Morgan fingerprint density at radius 3 is 2.66 bits per heavy atom. The lowest BCUT2D eigenvalue weighted by Crippen LogP contribution is -2.18. The maximum Gasteiger partial charge on any atom is 0.268 e. The monoisotopic (exact) mass is 415 g/mol. The second kappa shape index (κ2) is 8.74. The largest absolute Gasteiger partial charge is 0.364 e. The minimum atomic E-state index is -0.677. The average Bonchev–Trinajstić information content (AvgIpc) is 3.12. The second-order valence-electron chi connectivity index (χ2n) is 7.52. The highest BCUT2D eigenvalue weighted by atomic mass is 35.5. The second-order valence-corrected chi connectivity index (χ2v) is 7.90. The molecule has 1 aliphatic rings. The van der Waals surface area contributed by atoms with Crippen LogP contribution in [0.15, 0.2) is 41.3 Å². The summed E-state index contributed by atoms with van der Waals surface area (Å²) < 4.78 is 12.4. The van der Waals surface area contributed by atoms with E-state index in [9.17, 15) is 14.0 Å². The molecule has 3 aromatic rings. The zero-order valence-electron chi connectivity index (χ0n) is 16.3. The van der Waals surface area contributed by atoms with Crippen LogP contribution in [0.1, 0.15) is 53.8 Å². The molecule has 1 saturated carbocycles. The van der Waals surface area contributed by atoms with Gasteiger partial charge in [0.15, 0.2) is 5.43 Å². The van der Waals surface area contributed by atoms with Crippen LogP contribution in [0, 0.1) is 18.7 Å². The minimum Gasteiger partial charge on any atom is -0.364 e. The van der Waals surface area contributed by atoms with E-state index in [0.717, 1.165) is 24.1 Å². The fourth-order valence-electron chi connectivity index (χ4n) is 3.73. The third-order valence-electron chi connectivity index (χ3n) is 5.28. The van der Waals surface area contributed by atoms with E-state index < -0.39 is 5.91 Å². The van der Waals surface area contributed by atoms with Gasteiger partial charge in [0.2, 0.25) is 0 Å². The molecule has 0 spiro atoms.